The number of ether oxygens (including phenoxy) is 1. The Balaban J connectivity index is 1.88. The molecule has 9 heteroatoms. The van der Waals surface area contributed by atoms with Crippen LogP contribution in [0.3, 0.4) is 0 Å². The van der Waals surface area contributed by atoms with E-state index in [1.54, 1.807) is 11.6 Å². The van der Waals surface area contributed by atoms with Crippen molar-refractivity contribution in [2.75, 3.05) is 11.9 Å². The lowest BCUT2D eigenvalue weighted by molar-refractivity contribution is -0.119. The molecule has 0 aliphatic rings. The maximum absolute atomic E-state index is 13.0. The second kappa shape index (κ2) is 9.25. The van der Waals surface area contributed by atoms with Gasteiger partial charge in [-0.3, -0.25) is 9.48 Å². The summed E-state index contributed by atoms with van der Waals surface area (Å²) in [5, 5.41) is 11.6. The van der Waals surface area contributed by atoms with Crippen molar-refractivity contribution in [2.45, 2.75) is 34.2 Å². The quantitative estimate of drug-likeness (QED) is 0.525. The molecule has 0 aliphatic heterocycles. The van der Waals surface area contributed by atoms with Crippen LogP contribution in [0.2, 0.25) is 0 Å². The highest BCUT2D eigenvalue weighted by Gasteiger charge is 2.24. The largest absolute Gasteiger partial charge is 0.462 e. The second-order valence-electron chi connectivity index (χ2n) is 6.93. The van der Waals surface area contributed by atoms with Crippen LogP contribution in [0.1, 0.15) is 35.6 Å². The maximum atomic E-state index is 13.0. The van der Waals surface area contributed by atoms with Crippen molar-refractivity contribution >= 4 is 33.6 Å². The molecule has 0 spiro atoms. The third kappa shape index (κ3) is 4.46. The number of nitrogens with zero attached hydrogens (tertiary/aromatic N) is 4. The fraction of sp³-hybridized carbons (Fsp3) is 0.333. The fourth-order valence-electron chi connectivity index (χ4n) is 3.03. The molecule has 0 bridgehead atoms. The Bertz CT molecular complexity index is 1060. The summed E-state index contributed by atoms with van der Waals surface area (Å²) in [6.07, 6.45) is 1.41. The van der Waals surface area contributed by atoms with Crippen molar-refractivity contribution in [3.63, 3.8) is 0 Å². The predicted octanol–water partition coefficient (Wildman–Crippen LogP) is 3.90. The Morgan fingerprint density at radius 1 is 1.23 bits per heavy atom. The molecule has 2 heterocycles. The minimum absolute atomic E-state index is 0.204. The molecule has 1 amide bonds. The predicted molar refractivity (Wildman–Crippen MR) is 117 cm³/mol. The van der Waals surface area contributed by atoms with Crippen LogP contribution in [0, 0.1) is 19.8 Å². The molecule has 1 unspecified atom stereocenters. The first kappa shape index (κ1) is 21.8. The lowest BCUT2D eigenvalue weighted by Crippen LogP contribution is -2.27. The van der Waals surface area contributed by atoms with Gasteiger partial charge in [-0.25, -0.2) is 9.48 Å². The zero-order valence-corrected chi connectivity index (χ0v) is 18.9. The van der Waals surface area contributed by atoms with Crippen molar-refractivity contribution in [3.05, 3.63) is 58.0 Å². The molecule has 1 atom stereocenters. The lowest BCUT2D eigenvalue weighted by atomic mass is 10.1. The number of anilines is 1. The van der Waals surface area contributed by atoms with Gasteiger partial charge in [0.05, 0.1) is 41.1 Å². The summed E-state index contributed by atoms with van der Waals surface area (Å²) in [7, 11) is 0. The third-order valence-corrected chi connectivity index (χ3v) is 5.84. The van der Waals surface area contributed by atoms with Gasteiger partial charge in [0, 0.05) is 5.69 Å². The van der Waals surface area contributed by atoms with Gasteiger partial charge in [-0.1, -0.05) is 25.1 Å². The maximum Gasteiger partial charge on any atom is 0.343 e. The van der Waals surface area contributed by atoms with Crippen LogP contribution in [0.5, 0.6) is 0 Å². The van der Waals surface area contributed by atoms with Gasteiger partial charge in [0.1, 0.15) is 5.56 Å². The number of rotatable bonds is 7. The molecule has 0 saturated carbocycles. The lowest BCUT2D eigenvalue weighted by Gasteiger charge is -2.15. The number of amides is 1. The number of hydrogen-bond donors (Lipinski definition) is 1. The summed E-state index contributed by atoms with van der Waals surface area (Å²) in [4.78, 5) is 25.4. The highest BCUT2D eigenvalue weighted by molar-refractivity contribution is 9.10. The van der Waals surface area contributed by atoms with Crippen molar-refractivity contribution in [2.24, 2.45) is 5.92 Å². The summed E-state index contributed by atoms with van der Waals surface area (Å²) in [5.74, 6) is -0.901. The number of nitrogens with one attached hydrogen (secondary N) is 1. The van der Waals surface area contributed by atoms with E-state index in [0.29, 0.717) is 6.54 Å². The van der Waals surface area contributed by atoms with Gasteiger partial charge in [-0.15, -0.1) is 0 Å². The number of benzene rings is 1. The molecule has 0 saturated heterocycles. The fourth-order valence-corrected chi connectivity index (χ4v) is 3.31. The Kier molecular flexibility index (Phi) is 6.71. The molecule has 0 aliphatic carbocycles. The molecule has 1 aromatic carbocycles. The number of para-hydroxylation sites is 1. The number of carbonyl (C=O) groups is 2. The number of aromatic nitrogens is 4. The van der Waals surface area contributed by atoms with Crippen LogP contribution in [0.4, 0.5) is 5.82 Å². The molecular weight excluding hydrogens is 450 g/mol. The van der Waals surface area contributed by atoms with Crippen LogP contribution in [-0.2, 0) is 16.1 Å². The molecule has 2 aromatic heterocycles. The number of esters is 1. The monoisotopic (exact) mass is 473 g/mol. The van der Waals surface area contributed by atoms with Crippen molar-refractivity contribution in [3.8, 4) is 5.69 Å². The van der Waals surface area contributed by atoms with Gasteiger partial charge >= 0.3 is 5.97 Å². The van der Waals surface area contributed by atoms with Gasteiger partial charge in [0.2, 0.25) is 5.91 Å². The normalized spacial score (nSPS) is 11.9. The van der Waals surface area contributed by atoms with Gasteiger partial charge < -0.3 is 10.1 Å². The van der Waals surface area contributed by atoms with Gasteiger partial charge in [0.15, 0.2) is 5.82 Å². The zero-order valence-electron chi connectivity index (χ0n) is 17.3. The van der Waals surface area contributed by atoms with E-state index in [2.05, 4.69) is 31.4 Å². The van der Waals surface area contributed by atoms with Gasteiger partial charge in [-0.05, 0) is 48.8 Å². The standard InChI is InChI=1S/C21H24BrN5O3/c1-5-30-21(29)17-11-23-27(16-9-7-6-8-10-16)19(17)24-20(28)13(2)12-26-15(4)18(22)14(3)25-26/h6-11,13H,5,12H2,1-4H3,(H,24,28). The highest BCUT2D eigenvalue weighted by atomic mass is 79.9. The van der Waals surface area contributed by atoms with E-state index in [4.69, 9.17) is 4.74 Å². The smallest absolute Gasteiger partial charge is 0.343 e. The minimum Gasteiger partial charge on any atom is -0.462 e. The minimum atomic E-state index is -0.537. The Morgan fingerprint density at radius 2 is 1.93 bits per heavy atom. The highest BCUT2D eigenvalue weighted by Crippen LogP contribution is 2.23. The molecule has 8 nitrogen and oxygen atoms in total. The van der Waals surface area contributed by atoms with E-state index in [0.717, 1.165) is 21.5 Å². The molecule has 30 heavy (non-hydrogen) atoms. The molecule has 3 rings (SSSR count). The first-order valence-corrected chi connectivity index (χ1v) is 10.4. The Morgan fingerprint density at radius 3 is 2.53 bits per heavy atom. The number of aryl methyl sites for hydroxylation is 1. The summed E-state index contributed by atoms with van der Waals surface area (Å²) in [6.45, 7) is 8.02. The van der Waals surface area contributed by atoms with Crippen LogP contribution in [0.25, 0.3) is 5.69 Å². The summed E-state index contributed by atoms with van der Waals surface area (Å²) < 4.78 is 9.38. The first-order valence-electron chi connectivity index (χ1n) is 9.64. The Hall–Kier alpha value is -2.94. The van der Waals surface area contributed by atoms with Crippen molar-refractivity contribution < 1.29 is 14.3 Å². The van der Waals surface area contributed by atoms with E-state index >= 15 is 0 Å². The van der Waals surface area contributed by atoms with Gasteiger partial charge in [0.25, 0.3) is 0 Å². The molecule has 0 radical (unpaired) electrons. The van der Waals surface area contributed by atoms with E-state index < -0.39 is 11.9 Å². The number of halogens is 1. The van der Waals surface area contributed by atoms with Crippen LogP contribution < -0.4 is 5.32 Å². The second-order valence-corrected chi connectivity index (χ2v) is 7.72. The molecule has 3 aromatic rings. The molecular formula is C21H24BrN5O3. The number of carbonyl (C=O) groups excluding carboxylic acids is 2. The summed E-state index contributed by atoms with van der Waals surface area (Å²) in [6, 6.07) is 9.28. The van der Waals surface area contributed by atoms with Crippen LogP contribution >= 0.6 is 15.9 Å². The Labute approximate surface area is 183 Å². The molecule has 158 valence electrons. The molecule has 1 N–H and O–H groups in total. The van der Waals surface area contributed by atoms with Gasteiger partial charge in [-0.2, -0.15) is 10.2 Å². The van der Waals surface area contributed by atoms with E-state index in [1.165, 1.54) is 10.9 Å². The number of hydrogen-bond acceptors (Lipinski definition) is 5. The topological polar surface area (TPSA) is 91.0 Å². The van der Waals surface area contributed by atoms with Crippen molar-refractivity contribution in [1.82, 2.24) is 19.6 Å². The average Bonchev–Trinajstić information content (AvgIpc) is 3.25. The van der Waals surface area contributed by atoms with E-state index in [1.807, 2.05) is 51.1 Å². The van der Waals surface area contributed by atoms with Crippen LogP contribution in [0.15, 0.2) is 41.0 Å². The summed E-state index contributed by atoms with van der Waals surface area (Å²) in [5.41, 5.74) is 2.74. The van der Waals surface area contributed by atoms with Crippen molar-refractivity contribution in [1.29, 1.82) is 0 Å². The average molecular weight is 474 g/mol. The first-order chi connectivity index (χ1) is 14.3. The third-order valence-electron chi connectivity index (χ3n) is 4.69. The van der Waals surface area contributed by atoms with Crippen LogP contribution in [-0.4, -0.2) is 38.0 Å². The molecule has 0 fully saturated rings. The zero-order chi connectivity index (χ0) is 21.8. The van der Waals surface area contributed by atoms with E-state index in [9.17, 15) is 9.59 Å². The summed E-state index contributed by atoms with van der Waals surface area (Å²) >= 11 is 3.50. The SMILES string of the molecule is CCOC(=O)c1cnn(-c2ccccc2)c1NC(=O)C(C)Cn1nc(C)c(Br)c1C. The van der Waals surface area contributed by atoms with E-state index in [-0.39, 0.29) is 23.9 Å².